The van der Waals surface area contributed by atoms with Crippen LogP contribution >= 0.6 is 11.6 Å². The highest BCUT2D eigenvalue weighted by atomic mass is 35.5. The highest BCUT2D eigenvalue weighted by Crippen LogP contribution is 1.98. The van der Waals surface area contributed by atoms with Crippen molar-refractivity contribution in [1.29, 1.82) is 0 Å². The summed E-state index contributed by atoms with van der Waals surface area (Å²) in [5.74, 6) is 0. The van der Waals surface area contributed by atoms with Gasteiger partial charge in [0, 0.05) is 0 Å². The summed E-state index contributed by atoms with van der Waals surface area (Å²) in [5.41, 5.74) is -1.14. The minimum Gasteiger partial charge on any atom is -0.230 e. The molecule has 32 valence electrons. The first-order valence-corrected chi connectivity index (χ1v) is 1.99. The van der Waals surface area contributed by atoms with Crippen LogP contribution < -0.4 is 0 Å². The Labute approximate surface area is 35.9 Å². The molecule has 0 rings (SSSR count). The Hall–Kier alpha value is 0.220. The monoisotopic (exact) mass is 96.0 g/mol. The van der Waals surface area contributed by atoms with Gasteiger partial charge in [-0.05, 0) is 6.42 Å². The van der Waals surface area contributed by atoms with E-state index in [0.29, 0.717) is 6.42 Å². The largest absolute Gasteiger partial charge is 0.230 e. The quantitative estimate of drug-likeness (QED) is 0.438. The van der Waals surface area contributed by atoms with E-state index >= 15 is 0 Å². The standard InChI is InChI=1S/C3H6ClF/c1-2-3(4)5/h3H,2H2,1H3. The van der Waals surface area contributed by atoms with Crippen molar-refractivity contribution in [1.82, 2.24) is 0 Å². The Morgan fingerprint density at radius 2 is 2.20 bits per heavy atom. The van der Waals surface area contributed by atoms with Crippen molar-refractivity contribution < 1.29 is 4.39 Å². The van der Waals surface area contributed by atoms with Gasteiger partial charge in [-0.25, -0.2) is 4.39 Å². The average molecular weight is 96.5 g/mol. The molecule has 0 bridgehead atoms. The molecular formula is C3H6ClF. The lowest BCUT2D eigenvalue weighted by Gasteiger charge is -1.83. The Morgan fingerprint density at radius 1 is 2.00 bits per heavy atom. The van der Waals surface area contributed by atoms with E-state index in [1.54, 1.807) is 6.92 Å². The zero-order valence-electron chi connectivity index (χ0n) is 3.04. The predicted molar refractivity (Wildman–Crippen MR) is 21.0 cm³/mol. The predicted octanol–water partition coefficient (Wildman–Crippen LogP) is 1.93. The van der Waals surface area contributed by atoms with Crippen LogP contribution in [-0.4, -0.2) is 5.63 Å². The molecule has 2 heteroatoms. The Bertz CT molecular complexity index is 20.9. The fraction of sp³-hybridized carbons (Fsp3) is 1.00. The number of halogens is 2. The molecule has 0 saturated heterocycles. The molecule has 0 N–H and O–H groups in total. The first-order chi connectivity index (χ1) is 2.27. The summed E-state index contributed by atoms with van der Waals surface area (Å²) in [6, 6.07) is 0. The van der Waals surface area contributed by atoms with Gasteiger partial charge in [-0.2, -0.15) is 0 Å². The first kappa shape index (κ1) is 5.22. The van der Waals surface area contributed by atoms with E-state index in [-0.39, 0.29) is 0 Å². The third-order valence-electron chi connectivity index (χ3n) is 0.309. The van der Waals surface area contributed by atoms with Crippen LogP contribution in [0.5, 0.6) is 0 Å². The summed E-state index contributed by atoms with van der Waals surface area (Å²) in [7, 11) is 0. The number of alkyl halides is 2. The van der Waals surface area contributed by atoms with Gasteiger partial charge in [-0.3, -0.25) is 0 Å². The molecule has 0 amide bonds. The summed E-state index contributed by atoms with van der Waals surface area (Å²) in [4.78, 5) is 0. The summed E-state index contributed by atoms with van der Waals surface area (Å²) in [6.45, 7) is 1.69. The molecule has 0 aromatic carbocycles. The SMILES string of the molecule is CCC(F)Cl. The number of hydrogen-bond acceptors (Lipinski definition) is 0. The molecule has 0 aliphatic heterocycles. The Morgan fingerprint density at radius 3 is 2.20 bits per heavy atom. The molecule has 0 fully saturated rings. The van der Waals surface area contributed by atoms with Crippen LogP contribution in [0.15, 0.2) is 0 Å². The lowest BCUT2D eigenvalue weighted by molar-refractivity contribution is 0.434. The molecular weight excluding hydrogens is 90.5 g/mol. The van der Waals surface area contributed by atoms with Gasteiger partial charge in [-0.1, -0.05) is 18.5 Å². The van der Waals surface area contributed by atoms with Crippen LogP contribution in [0.1, 0.15) is 13.3 Å². The minimum atomic E-state index is -1.14. The van der Waals surface area contributed by atoms with Crippen molar-refractivity contribution in [2.75, 3.05) is 0 Å². The van der Waals surface area contributed by atoms with Crippen molar-refractivity contribution in [3.63, 3.8) is 0 Å². The van der Waals surface area contributed by atoms with Crippen molar-refractivity contribution in [3.05, 3.63) is 0 Å². The van der Waals surface area contributed by atoms with E-state index in [2.05, 4.69) is 0 Å². The summed E-state index contributed by atoms with van der Waals surface area (Å²) in [5, 5.41) is 0. The third kappa shape index (κ3) is 4.22. The molecule has 0 aliphatic carbocycles. The number of rotatable bonds is 1. The van der Waals surface area contributed by atoms with Gasteiger partial charge in [0.25, 0.3) is 0 Å². The highest BCUT2D eigenvalue weighted by molar-refractivity contribution is 6.19. The molecule has 1 unspecified atom stereocenters. The lowest BCUT2D eigenvalue weighted by Crippen LogP contribution is -1.78. The van der Waals surface area contributed by atoms with Gasteiger partial charge < -0.3 is 0 Å². The molecule has 0 aromatic heterocycles. The second-order valence-electron chi connectivity index (χ2n) is 0.799. The molecule has 0 radical (unpaired) electrons. The molecule has 0 spiro atoms. The van der Waals surface area contributed by atoms with Crippen LogP contribution in [-0.2, 0) is 0 Å². The molecule has 0 aromatic rings. The van der Waals surface area contributed by atoms with Gasteiger partial charge in [0.05, 0.1) is 0 Å². The Kier molecular flexibility index (Phi) is 2.57. The third-order valence-corrected chi connectivity index (χ3v) is 0.617. The van der Waals surface area contributed by atoms with Crippen LogP contribution in [0.2, 0.25) is 0 Å². The first-order valence-electron chi connectivity index (χ1n) is 1.55. The molecule has 0 heterocycles. The van der Waals surface area contributed by atoms with Gasteiger partial charge in [0.1, 0.15) is 0 Å². The van der Waals surface area contributed by atoms with E-state index < -0.39 is 5.63 Å². The second-order valence-corrected chi connectivity index (χ2v) is 1.27. The second kappa shape index (κ2) is 2.46. The minimum absolute atomic E-state index is 0.404. The maximum absolute atomic E-state index is 11.2. The van der Waals surface area contributed by atoms with E-state index in [1.807, 2.05) is 0 Å². The van der Waals surface area contributed by atoms with Crippen LogP contribution in [0.25, 0.3) is 0 Å². The van der Waals surface area contributed by atoms with Crippen LogP contribution in [0.3, 0.4) is 0 Å². The van der Waals surface area contributed by atoms with E-state index in [4.69, 9.17) is 11.6 Å². The molecule has 0 aliphatic rings. The van der Waals surface area contributed by atoms with Crippen LogP contribution in [0, 0.1) is 0 Å². The van der Waals surface area contributed by atoms with Crippen molar-refractivity contribution in [2.45, 2.75) is 19.0 Å². The maximum Gasteiger partial charge on any atom is 0.173 e. The van der Waals surface area contributed by atoms with Gasteiger partial charge in [0.2, 0.25) is 0 Å². The normalized spacial score (nSPS) is 15.0. The molecule has 0 saturated carbocycles. The zero-order valence-corrected chi connectivity index (χ0v) is 3.80. The van der Waals surface area contributed by atoms with Crippen molar-refractivity contribution in [2.24, 2.45) is 0 Å². The van der Waals surface area contributed by atoms with Crippen molar-refractivity contribution >= 4 is 11.6 Å². The number of hydrogen-bond donors (Lipinski definition) is 0. The molecule has 0 nitrogen and oxygen atoms in total. The van der Waals surface area contributed by atoms with Crippen LogP contribution in [0.4, 0.5) is 4.39 Å². The molecule has 1 atom stereocenters. The summed E-state index contributed by atoms with van der Waals surface area (Å²) >= 11 is 4.80. The fourth-order valence-corrected chi connectivity index (χ4v) is 0. The topological polar surface area (TPSA) is 0 Å². The smallest absolute Gasteiger partial charge is 0.173 e. The maximum atomic E-state index is 11.2. The van der Waals surface area contributed by atoms with Gasteiger partial charge in [-0.15, -0.1) is 0 Å². The van der Waals surface area contributed by atoms with E-state index in [1.165, 1.54) is 0 Å². The highest BCUT2D eigenvalue weighted by Gasteiger charge is 1.88. The van der Waals surface area contributed by atoms with E-state index in [0.717, 1.165) is 0 Å². The lowest BCUT2D eigenvalue weighted by atomic mass is 10.6. The fourth-order valence-electron chi connectivity index (χ4n) is 0. The molecule has 5 heavy (non-hydrogen) atoms. The van der Waals surface area contributed by atoms with Crippen molar-refractivity contribution in [3.8, 4) is 0 Å². The summed E-state index contributed by atoms with van der Waals surface area (Å²) < 4.78 is 11.2. The summed E-state index contributed by atoms with van der Waals surface area (Å²) in [6.07, 6.45) is 0.404. The van der Waals surface area contributed by atoms with Gasteiger partial charge in [0.15, 0.2) is 5.63 Å². The Balaban J connectivity index is 2.54. The average Bonchev–Trinajstić information content (AvgIpc) is 1.38. The van der Waals surface area contributed by atoms with E-state index in [9.17, 15) is 4.39 Å². The van der Waals surface area contributed by atoms with Gasteiger partial charge >= 0.3 is 0 Å². The zero-order chi connectivity index (χ0) is 4.28.